The van der Waals surface area contributed by atoms with Crippen LogP contribution in [0.3, 0.4) is 0 Å². The molecular formula is C20H21NO4S. The summed E-state index contributed by atoms with van der Waals surface area (Å²) in [4.78, 5) is 12.2. The summed E-state index contributed by atoms with van der Waals surface area (Å²) < 4.78 is 33.0. The number of nitrogens with zero attached hydrogens (tertiary/aromatic N) is 1. The van der Waals surface area contributed by atoms with Crippen LogP contribution in [0.25, 0.3) is 0 Å². The second kappa shape index (κ2) is 6.52. The Morgan fingerprint density at radius 2 is 1.77 bits per heavy atom. The van der Waals surface area contributed by atoms with Crippen molar-refractivity contribution in [2.75, 3.05) is 18.8 Å². The first kappa shape index (κ1) is 17.2. The lowest BCUT2D eigenvalue weighted by Crippen LogP contribution is -2.49. The minimum Gasteiger partial charge on any atom is -0.449 e. The molecule has 1 spiro atoms. The lowest BCUT2D eigenvalue weighted by molar-refractivity contribution is -0.0345. The van der Waals surface area contributed by atoms with Crippen molar-refractivity contribution in [3.63, 3.8) is 0 Å². The summed E-state index contributed by atoms with van der Waals surface area (Å²) in [6.45, 7) is 0.672. The fraction of sp³-hybridized carbons (Fsp3) is 0.350. The summed E-state index contributed by atoms with van der Waals surface area (Å²) in [5.41, 5.74) is 1.52. The Morgan fingerprint density at radius 3 is 2.58 bits per heavy atom. The number of aryl methyl sites for hydroxylation is 1. The third kappa shape index (κ3) is 3.04. The molecule has 2 aliphatic rings. The van der Waals surface area contributed by atoms with Crippen LogP contribution in [0.15, 0.2) is 54.6 Å². The number of sulfonamides is 1. The van der Waals surface area contributed by atoms with Crippen LogP contribution >= 0.6 is 0 Å². The number of hydrogen-bond donors (Lipinski definition) is 0. The molecule has 2 aromatic rings. The number of fused-ring (bicyclic) bond motifs is 2. The van der Waals surface area contributed by atoms with Crippen LogP contribution in [-0.4, -0.2) is 37.5 Å². The van der Waals surface area contributed by atoms with E-state index in [1.165, 1.54) is 4.31 Å². The third-order valence-corrected chi connectivity index (χ3v) is 7.05. The van der Waals surface area contributed by atoms with Gasteiger partial charge in [0.25, 0.3) is 0 Å². The van der Waals surface area contributed by atoms with E-state index >= 15 is 0 Å². The standard InChI is InChI=1S/C20H21NO4S/c22-19-17-9-4-5-10-18(17)20(25-19)12-6-13-21(15-20)26(23,24)14-11-16-7-2-1-3-8-16/h1-5,7-10H,6,11-15H2. The summed E-state index contributed by atoms with van der Waals surface area (Å²) in [6, 6.07) is 16.9. The zero-order valence-corrected chi connectivity index (χ0v) is 15.2. The van der Waals surface area contributed by atoms with E-state index in [1.807, 2.05) is 42.5 Å². The van der Waals surface area contributed by atoms with Gasteiger partial charge in [0.05, 0.1) is 17.9 Å². The summed E-state index contributed by atoms with van der Waals surface area (Å²) in [5.74, 6) is -0.299. The van der Waals surface area contributed by atoms with E-state index in [4.69, 9.17) is 4.74 Å². The minimum atomic E-state index is -3.42. The van der Waals surface area contributed by atoms with Crippen molar-refractivity contribution >= 4 is 16.0 Å². The first-order chi connectivity index (χ1) is 12.5. The molecular weight excluding hydrogens is 350 g/mol. The smallest absolute Gasteiger partial charge is 0.339 e. The number of carbonyl (C=O) groups excluding carboxylic acids is 1. The van der Waals surface area contributed by atoms with Crippen LogP contribution in [0.1, 0.15) is 34.3 Å². The van der Waals surface area contributed by atoms with E-state index < -0.39 is 15.6 Å². The second-order valence-corrected chi connectivity index (χ2v) is 9.01. The zero-order chi connectivity index (χ0) is 18.2. The molecule has 2 aliphatic heterocycles. The quantitative estimate of drug-likeness (QED) is 0.775. The molecule has 0 N–H and O–H groups in total. The van der Waals surface area contributed by atoms with Gasteiger partial charge in [-0.15, -0.1) is 0 Å². The predicted octanol–water partition coefficient (Wildman–Crippen LogP) is 2.72. The fourth-order valence-corrected chi connectivity index (χ4v) is 5.46. The van der Waals surface area contributed by atoms with Crippen molar-refractivity contribution in [1.29, 1.82) is 0 Å². The molecule has 6 heteroatoms. The molecule has 1 unspecified atom stereocenters. The van der Waals surface area contributed by atoms with E-state index in [2.05, 4.69) is 0 Å². The third-order valence-electron chi connectivity index (χ3n) is 5.23. The van der Waals surface area contributed by atoms with Gasteiger partial charge in [-0.3, -0.25) is 0 Å². The number of esters is 1. The van der Waals surface area contributed by atoms with Gasteiger partial charge in [0, 0.05) is 12.1 Å². The van der Waals surface area contributed by atoms with Crippen LogP contribution in [0.5, 0.6) is 0 Å². The average molecular weight is 371 g/mol. The Morgan fingerprint density at radius 1 is 1.04 bits per heavy atom. The van der Waals surface area contributed by atoms with Crippen molar-refractivity contribution in [2.24, 2.45) is 0 Å². The molecule has 0 bridgehead atoms. The van der Waals surface area contributed by atoms with Crippen molar-refractivity contribution in [3.8, 4) is 0 Å². The molecule has 26 heavy (non-hydrogen) atoms. The minimum absolute atomic E-state index is 0.0582. The number of piperidine rings is 1. The first-order valence-electron chi connectivity index (χ1n) is 8.85. The largest absolute Gasteiger partial charge is 0.449 e. The number of rotatable bonds is 4. The lowest BCUT2D eigenvalue weighted by atomic mass is 9.86. The maximum Gasteiger partial charge on any atom is 0.339 e. The van der Waals surface area contributed by atoms with E-state index in [0.717, 1.165) is 11.1 Å². The van der Waals surface area contributed by atoms with Gasteiger partial charge in [-0.1, -0.05) is 48.5 Å². The first-order valence-corrected chi connectivity index (χ1v) is 10.5. The Bertz CT molecular complexity index is 926. The zero-order valence-electron chi connectivity index (χ0n) is 14.4. The highest BCUT2D eigenvalue weighted by Gasteiger charge is 2.49. The Balaban J connectivity index is 1.55. The van der Waals surface area contributed by atoms with Crippen LogP contribution in [0.4, 0.5) is 0 Å². The van der Waals surface area contributed by atoms with Crippen LogP contribution < -0.4 is 0 Å². The van der Waals surface area contributed by atoms with Gasteiger partial charge in [-0.05, 0) is 30.9 Å². The van der Waals surface area contributed by atoms with Gasteiger partial charge in [0.2, 0.25) is 10.0 Å². The molecule has 5 nitrogen and oxygen atoms in total. The van der Waals surface area contributed by atoms with Crippen LogP contribution in [-0.2, 0) is 26.8 Å². The fourth-order valence-electron chi connectivity index (χ4n) is 3.89. The van der Waals surface area contributed by atoms with Crippen molar-refractivity contribution in [3.05, 3.63) is 71.3 Å². The van der Waals surface area contributed by atoms with Gasteiger partial charge in [-0.2, -0.15) is 4.31 Å². The normalized spacial score (nSPS) is 23.0. The molecule has 0 amide bonds. The average Bonchev–Trinajstić information content (AvgIpc) is 2.93. The number of hydrogen-bond acceptors (Lipinski definition) is 4. The summed E-state index contributed by atoms with van der Waals surface area (Å²) >= 11 is 0. The van der Waals surface area contributed by atoms with Crippen molar-refractivity contribution in [1.82, 2.24) is 4.31 Å². The van der Waals surface area contributed by atoms with Crippen LogP contribution in [0, 0.1) is 0 Å². The summed E-state index contributed by atoms with van der Waals surface area (Å²) in [6.07, 6.45) is 1.80. The van der Waals surface area contributed by atoms with E-state index in [1.54, 1.807) is 12.1 Å². The SMILES string of the molecule is O=C1OC2(CCCN(S(=O)(=O)CCc3ccccc3)C2)c2ccccc21. The highest BCUT2D eigenvalue weighted by Crippen LogP contribution is 2.43. The molecule has 1 atom stereocenters. The maximum atomic E-state index is 12.9. The lowest BCUT2D eigenvalue weighted by Gasteiger charge is -2.38. The van der Waals surface area contributed by atoms with Crippen molar-refractivity contribution < 1.29 is 17.9 Å². The van der Waals surface area contributed by atoms with Gasteiger partial charge in [-0.25, -0.2) is 13.2 Å². The highest BCUT2D eigenvalue weighted by atomic mass is 32.2. The highest BCUT2D eigenvalue weighted by molar-refractivity contribution is 7.89. The topological polar surface area (TPSA) is 63.7 Å². The van der Waals surface area contributed by atoms with Crippen LogP contribution in [0.2, 0.25) is 0 Å². The molecule has 2 heterocycles. The molecule has 136 valence electrons. The Labute approximate surface area is 153 Å². The number of benzene rings is 2. The second-order valence-electron chi connectivity index (χ2n) is 6.92. The molecule has 0 saturated carbocycles. The summed E-state index contributed by atoms with van der Waals surface area (Å²) in [7, 11) is -3.42. The Hall–Kier alpha value is -2.18. The Kier molecular flexibility index (Phi) is 4.32. The monoisotopic (exact) mass is 371 g/mol. The number of carbonyl (C=O) groups is 1. The molecule has 0 aliphatic carbocycles. The van der Waals surface area contributed by atoms with E-state index in [-0.39, 0.29) is 18.3 Å². The van der Waals surface area contributed by atoms with Gasteiger partial charge in [0.1, 0.15) is 0 Å². The van der Waals surface area contributed by atoms with Crippen molar-refractivity contribution in [2.45, 2.75) is 24.9 Å². The van der Waals surface area contributed by atoms with Gasteiger partial charge >= 0.3 is 5.97 Å². The van der Waals surface area contributed by atoms with E-state index in [0.29, 0.717) is 31.4 Å². The molecule has 1 fully saturated rings. The molecule has 4 rings (SSSR count). The predicted molar refractivity (Wildman–Crippen MR) is 98.3 cm³/mol. The van der Waals surface area contributed by atoms with E-state index in [9.17, 15) is 13.2 Å². The summed E-state index contributed by atoms with van der Waals surface area (Å²) in [5, 5.41) is 0. The number of ether oxygens (including phenoxy) is 1. The molecule has 1 saturated heterocycles. The van der Waals surface area contributed by atoms with Gasteiger partial charge in [0.15, 0.2) is 5.60 Å². The maximum absolute atomic E-state index is 12.9. The van der Waals surface area contributed by atoms with Gasteiger partial charge < -0.3 is 4.74 Å². The molecule has 0 aromatic heterocycles. The molecule has 0 radical (unpaired) electrons. The molecule has 2 aromatic carbocycles.